The SMILES string of the molecule is c1ccc(-c2nnc(-c3cccc4c5ccccc5n(-c5cccc(-c6cccc(-n7c8ccccc8c8ccc9oc%10ccccc%10c9c87)c6)c5)c34)n2-c2ccccc2)cc1. The Bertz CT molecular complexity index is 3870. The molecule has 0 aliphatic rings. The summed E-state index contributed by atoms with van der Waals surface area (Å²) in [6.07, 6.45) is 0. The van der Waals surface area contributed by atoms with E-state index < -0.39 is 0 Å². The van der Waals surface area contributed by atoms with E-state index in [1.54, 1.807) is 0 Å². The van der Waals surface area contributed by atoms with Crippen molar-refractivity contribution in [3.63, 3.8) is 0 Å². The molecule has 0 bridgehead atoms. The second-order valence-corrected chi connectivity index (χ2v) is 15.8. The lowest BCUT2D eigenvalue weighted by Crippen LogP contribution is -2.02. The molecule has 0 saturated heterocycles. The van der Waals surface area contributed by atoms with Gasteiger partial charge in [-0.2, -0.15) is 0 Å². The van der Waals surface area contributed by atoms with Gasteiger partial charge in [-0.25, -0.2) is 0 Å². The van der Waals surface area contributed by atoms with Crippen LogP contribution in [0.3, 0.4) is 0 Å². The van der Waals surface area contributed by atoms with Crippen LogP contribution in [0, 0.1) is 0 Å². The fourth-order valence-electron chi connectivity index (χ4n) is 9.70. The normalized spacial score (nSPS) is 11.9. The van der Waals surface area contributed by atoms with Crippen LogP contribution in [-0.4, -0.2) is 23.9 Å². The molecular formula is C56H35N5O. The predicted molar refractivity (Wildman–Crippen MR) is 254 cm³/mol. The van der Waals surface area contributed by atoms with Crippen LogP contribution in [0.4, 0.5) is 0 Å². The van der Waals surface area contributed by atoms with Crippen LogP contribution < -0.4 is 0 Å². The molecule has 0 aliphatic heterocycles. The van der Waals surface area contributed by atoms with Gasteiger partial charge in [0, 0.05) is 55.1 Å². The van der Waals surface area contributed by atoms with Crippen molar-refractivity contribution in [2.45, 2.75) is 0 Å². The highest BCUT2D eigenvalue weighted by atomic mass is 16.3. The van der Waals surface area contributed by atoms with Gasteiger partial charge in [0.1, 0.15) is 11.2 Å². The summed E-state index contributed by atoms with van der Waals surface area (Å²) in [6.45, 7) is 0. The van der Waals surface area contributed by atoms with Gasteiger partial charge in [-0.3, -0.25) is 4.57 Å². The van der Waals surface area contributed by atoms with E-state index in [4.69, 9.17) is 14.6 Å². The smallest absolute Gasteiger partial charge is 0.171 e. The summed E-state index contributed by atoms with van der Waals surface area (Å²) in [4.78, 5) is 0. The number of hydrogen-bond donors (Lipinski definition) is 0. The third-order valence-corrected chi connectivity index (χ3v) is 12.4. The van der Waals surface area contributed by atoms with Crippen molar-refractivity contribution in [2.24, 2.45) is 0 Å². The first-order chi connectivity index (χ1) is 30.8. The van der Waals surface area contributed by atoms with Crippen molar-refractivity contribution in [3.8, 4) is 51.0 Å². The fourth-order valence-corrected chi connectivity index (χ4v) is 9.70. The van der Waals surface area contributed by atoms with E-state index in [0.29, 0.717) is 0 Å². The summed E-state index contributed by atoms with van der Waals surface area (Å²) in [5.74, 6) is 1.57. The summed E-state index contributed by atoms with van der Waals surface area (Å²) in [5.41, 5.74) is 13.7. The largest absolute Gasteiger partial charge is 0.456 e. The molecule has 0 fully saturated rings. The van der Waals surface area contributed by atoms with Crippen LogP contribution in [0.1, 0.15) is 0 Å². The number of hydrogen-bond acceptors (Lipinski definition) is 3. The quantitative estimate of drug-likeness (QED) is 0.168. The third-order valence-electron chi connectivity index (χ3n) is 12.4. The highest BCUT2D eigenvalue weighted by molar-refractivity contribution is 6.24. The standard InChI is InChI=1S/C56H35N5O/c1-3-16-36(17-4-1)55-57-58-56(61(55)39-20-5-2-6-21-39)47-28-15-27-44-42-24-7-10-29-48(42)59(53(44)47)40-22-13-18-37(34-40)38-19-14-23-41(35-38)60-49-30-11-8-25-43(49)45-32-33-51-52(54(45)60)46-26-9-12-31-50(46)62-51/h1-35H. The molecule has 0 atom stereocenters. The van der Waals surface area contributed by atoms with Gasteiger partial charge in [0.2, 0.25) is 0 Å². The van der Waals surface area contributed by atoms with Crippen LogP contribution in [0.15, 0.2) is 217 Å². The second kappa shape index (κ2) is 13.5. The minimum Gasteiger partial charge on any atom is -0.456 e. The van der Waals surface area contributed by atoms with Crippen molar-refractivity contribution in [1.82, 2.24) is 23.9 Å². The highest BCUT2D eigenvalue weighted by Crippen LogP contribution is 2.43. The van der Waals surface area contributed by atoms with Crippen molar-refractivity contribution in [3.05, 3.63) is 212 Å². The van der Waals surface area contributed by atoms with Gasteiger partial charge in [0.15, 0.2) is 11.6 Å². The van der Waals surface area contributed by atoms with Crippen LogP contribution in [0.25, 0.3) is 117 Å². The summed E-state index contributed by atoms with van der Waals surface area (Å²) >= 11 is 0. The van der Waals surface area contributed by atoms with E-state index in [9.17, 15) is 0 Å². The van der Waals surface area contributed by atoms with Gasteiger partial charge >= 0.3 is 0 Å². The maximum absolute atomic E-state index is 6.41. The minimum absolute atomic E-state index is 0.777. The molecule has 0 N–H and O–H groups in total. The summed E-state index contributed by atoms with van der Waals surface area (Å²) in [5, 5.41) is 16.8. The molecule has 0 unspecified atom stereocenters. The first-order valence-corrected chi connectivity index (χ1v) is 20.9. The molecule has 13 rings (SSSR count). The Morgan fingerprint density at radius 1 is 0.323 bits per heavy atom. The zero-order valence-electron chi connectivity index (χ0n) is 33.4. The van der Waals surface area contributed by atoms with Gasteiger partial charge in [-0.05, 0) is 83.9 Å². The Hall–Kier alpha value is -8.48. The predicted octanol–water partition coefficient (Wildman–Crippen LogP) is 14.4. The van der Waals surface area contributed by atoms with Crippen LogP contribution in [0.5, 0.6) is 0 Å². The molecule has 4 heterocycles. The van der Waals surface area contributed by atoms with Crippen molar-refractivity contribution in [1.29, 1.82) is 0 Å². The van der Waals surface area contributed by atoms with E-state index in [1.807, 2.05) is 30.3 Å². The zero-order chi connectivity index (χ0) is 40.7. The average Bonchev–Trinajstić information content (AvgIpc) is 4.12. The Morgan fingerprint density at radius 2 is 0.839 bits per heavy atom. The lowest BCUT2D eigenvalue weighted by Gasteiger charge is -2.15. The van der Waals surface area contributed by atoms with Crippen molar-refractivity contribution in [2.75, 3.05) is 0 Å². The van der Waals surface area contributed by atoms with Gasteiger partial charge < -0.3 is 13.6 Å². The number of benzene rings is 9. The molecule has 0 saturated carbocycles. The topological polar surface area (TPSA) is 53.7 Å². The number of rotatable bonds is 6. The van der Waals surface area contributed by atoms with Crippen LogP contribution in [-0.2, 0) is 0 Å². The van der Waals surface area contributed by atoms with E-state index in [0.717, 1.165) is 100 Å². The molecule has 6 heteroatoms. The van der Waals surface area contributed by atoms with Crippen LogP contribution in [0.2, 0.25) is 0 Å². The van der Waals surface area contributed by atoms with Gasteiger partial charge in [0.25, 0.3) is 0 Å². The van der Waals surface area contributed by atoms with E-state index >= 15 is 0 Å². The van der Waals surface area contributed by atoms with E-state index in [-0.39, 0.29) is 0 Å². The number of aromatic nitrogens is 5. The number of fused-ring (bicyclic) bond motifs is 10. The summed E-state index contributed by atoms with van der Waals surface area (Å²) < 4.78 is 13.4. The van der Waals surface area contributed by atoms with Crippen molar-refractivity contribution >= 4 is 65.6 Å². The van der Waals surface area contributed by atoms with Gasteiger partial charge in [0.05, 0.1) is 27.5 Å². The van der Waals surface area contributed by atoms with Crippen LogP contribution >= 0.6 is 0 Å². The Labute approximate surface area is 355 Å². The molecule has 6 nitrogen and oxygen atoms in total. The maximum atomic E-state index is 6.41. The first kappa shape index (κ1) is 34.4. The molecule has 13 aromatic rings. The monoisotopic (exact) mass is 793 g/mol. The summed E-state index contributed by atoms with van der Waals surface area (Å²) in [6, 6.07) is 75.1. The average molecular weight is 794 g/mol. The Balaban J connectivity index is 1.02. The molecular weight excluding hydrogens is 759 g/mol. The molecule has 62 heavy (non-hydrogen) atoms. The number of nitrogens with zero attached hydrogens (tertiary/aromatic N) is 5. The zero-order valence-corrected chi connectivity index (χ0v) is 33.4. The number of furan rings is 1. The Morgan fingerprint density at radius 3 is 1.55 bits per heavy atom. The van der Waals surface area contributed by atoms with Crippen molar-refractivity contribution < 1.29 is 4.42 Å². The third kappa shape index (κ3) is 5.10. The molecule has 0 amide bonds. The maximum Gasteiger partial charge on any atom is 0.171 e. The molecule has 290 valence electrons. The lowest BCUT2D eigenvalue weighted by atomic mass is 10.0. The second-order valence-electron chi connectivity index (χ2n) is 15.8. The molecule has 9 aromatic carbocycles. The molecule has 0 spiro atoms. The molecule has 0 radical (unpaired) electrons. The highest BCUT2D eigenvalue weighted by Gasteiger charge is 2.24. The molecule has 0 aliphatic carbocycles. The minimum atomic E-state index is 0.777. The van der Waals surface area contributed by atoms with E-state index in [2.05, 4.69) is 196 Å². The lowest BCUT2D eigenvalue weighted by molar-refractivity contribution is 0.669. The van der Waals surface area contributed by atoms with Gasteiger partial charge in [-0.15, -0.1) is 10.2 Å². The summed E-state index contributed by atoms with van der Waals surface area (Å²) in [7, 11) is 0. The number of para-hydroxylation sites is 5. The first-order valence-electron chi connectivity index (χ1n) is 20.9. The van der Waals surface area contributed by atoms with E-state index in [1.165, 1.54) is 16.2 Å². The fraction of sp³-hybridized carbons (Fsp3) is 0. The van der Waals surface area contributed by atoms with Gasteiger partial charge in [-0.1, -0.05) is 140 Å². The Kier molecular flexibility index (Phi) is 7.50. The molecule has 4 aromatic heterocycles.